The zero-order chi connectivity index (χ0) is 19.9. The maximum absolute atomic E-state index is 12.8. The maximum Gasteiger partial charge on any atom is 0.253 e. The number of amides is 1. The molecule has 2 heterocycles. The van der Waals surface area contributed by atoms with E-state index in [0.29, 0.717) is 59.8 Å². The number of rotatable bonds is 1. The van der Waals surface area contributed by atoms with E-state index in [4.69, 9.17) is 21.6 Å². The first kappa shape index (κ1) is 18.5. The molecule has 0 bridgehead atoms. The molecule has 142 valence electrons. The molecule has 5 nitrogen and oxygen atoms in total. The third-order valence-electron chi connectivity index (χ3n) is 5.54. The Morgan fingerprint density at radius 2 is 2.00 bits per heavy atom. The normalized spacial score (nSPS) is 17.6. The molecule has 0 aromatic heterocycles. The van der Waals surface area contributed by atoms with Crippen LogP contribution in [0.4, 0.5) is 0 Å². The number of aryl methyl sites for hydroxylation is 1. The highest BCUT2D eigenvalue weighted by Crippen LogP contribution is 2.42. The van der Waals surface area contributed by atoms with Crippen molar-refractivity contribution in [3.8, 4) is 11.8 Å². The zero-order valence-corrected chi connectivity index (χ0v) is 16.3. The molecule has 0 radical (unpaired) electrons. The molecule has 2 aliphatic rings. The van der Waals surface area contributed by atoms with Crippen LogP contribution in [-0.2, 0) is 0 Å². The van der Waals surface area contributed by atoms with E-state index in [1.165, 1.54) is 0 Å². The van der Waals surface area contributed by atoms with Crippen molar-refractivity contribution in [3.63, 3.8) is 0 Å². The van der Waals surface area contributed by atoms with Crippen molar-refractivity contribution in [3.05, 3.63) is 63.7 Å². The van der Waals surface area contributed by atoms with Crippen LogP contribution >= 0.6 is 11.6 Å². The minimum atomic E-state index is -0.575. The second-order valence-corrected chi connectivity index (χ2v) is 7.91. The lowest BCUT2D eigenvalue weighted by Gasteiger charge is -2.44. The van der Waals surface area contributed by atoms with E-state index < -0.39 is 5.60 Å². The van der Waals surface area contributed by atoms with Gasteiger partial charge >= 0.3 is 0 Å². The highest BCUT2D eigenvalue weighted by molar-refractivity contribution is 6.31. The molecular formula is C22H19ClN2O3. The van der Waals surface area contributed by atoms with E-state index in [1.807, 2.05) is 6.92 Å². The minimum absolute atomic E-state index is 0.0355. The van der Waals surface area contributed by atoms with Crippen LogP contribution in [0.15, 0.2) is 36.4 Å². The Morgan fingerprint density at radius 1 is 1.25 bits per heavy atom. The van der Waals surface area contributed by atoms with Crippen LogP contribution in [0.5, 0.6) is 5.75 Å². The van der Waals surface area contributed by atoms with Crippen LogP contribution in [0.25, 0.3) is 0 Å². The number of ketones is 1. The average Bonchev–Trinajstić information content (AvgIpc) is 2.69. The highest BCUT2D eigenvalue weighted by Gasteiger charge is 2.44. The molecule has 2 aromatic carbocycles. The predicted octanol–water partition coefficient (Wildman–Crippen LogP) is 4.16. The first-order valence-electron chi connectivity index (χ1n) is 9.23. The number of nitrogens with zero attached hydrogens (tertiary/aromatic N) is 2. The Labute approximate surface area is 168 Å². The Balaban J connectivity index is 1.51. The Hall–Kier alpha value is -2.84. The van der Waals surface area contributed by atoms with Gasteiger partial charge in [-0.2, -0.15) is 5.26 Å². The maximum atomic E-state index is 12.8. The molecule has 0 atom stereocenters. The van der Waals surface area contributed by atoms with Crippen LogP contribution in [-0.4, -0.2) is 35.3 Å². The van der Waals surface area contributed by atoms with Crippen molar-refractivity contribution in [1.82, 2.24) is 4.90 Å². The van der Waals surface area contributed by atoms with Crippen molar-refractivity contribution in [2.45, 2.75) is 31.8 Å². The van der Waals surface area contributed by atoms with Crippen LogP contribution in [0.1, 0.15) is 51.1 Å². The van der Waals surface area contributed by atoms with E-state index in [2.05, 4.69) is 6.07 Å². The molecule has 28 heavy (non-hydrogen) atoms. The summed E-state index contributed by atoms with van der Waals surface area (Å²) in [5.41, 5.74) is 1.79. The molecule has 2 aliphatic heterocycles. The molecule has 0 N–H and O–H groups in total. The Morgan fingerprint density at radius 3 is 2.71 bits per heavy atom. The van der Waals surface area contributed by atoms with Gasteiger partial charge in [0.05, 0.1) is 23.6 Å². The van der Waals surface area contributed by atoms with Crippen molar-refractivity contribution >= 4 is 23.3 Å². The molecule has 0 unspecified atom stereocenters. The van der Waals surface area contributed by atoms with E-state index >= 15 is 0 Å². The molecule has 1 spiro atoms. The van der Waals surface area contributed by atoms with Gasteiger partial charge in [-0.25, -0.2) is 0 Å². The first-order valence-corrected chi connectivity index (χ1v) is 9.60. The van der Waals surface area contributed by atoms with Crippen LogP contribution in [0.3, 0.4) is 0 Å². The third-order valence-corrected chi connectivity index (χ3v) is 5.76. The SMILES string of the molecule is Cc1cc(Cl)cc2c1OC1(CCN(C(=O)c3cccc(C#N)c3)CC1)CC2=O. The fourth-order valence-electron chi connectivity index (χ4n) is 4.01. The number of fused-ring (bicyclic) bond motifs is 1. The fraction of sp³-hybridized carbons (Fsp3) is 0.318. The summed E-state index contributed by atoms with van der Waals surface area (Å²) in [6.07, 6.45) is 1.47. The van der Waals surface area contributed by atoms with Gasteiger partial charge in [0.2, 0.25) is 0 Å². The number of carbonyl (C=O) groups excluding carboxylic acids is 2. The molecule has 0 aliphatic carbocycles. The summed E-state index contributed by atoms with van der Waals surface area (Å²) in [7, 11) is 0. The second-order valence-electron chi connectivity index (χ2n) is 7.47. The monoisotopic (exact) mass is 394 g/mol. The van der Waals surface area contributed by atoms with E-state index in [9.17, 15) is 9.59 Å². The summed E-state index contributed by atoms with van der Waals surface area (Å²) in [4.78, 5) is 27.3. The van der Waals surface area contributed by atoms with Gasteiger partial charge in [-0.05, 0) is 42.8 Å². The molecule has 0 saturated carbocycles. The number of nitriles is 1. The van der Waals surface area contributed by atoms with Gasteiger partial charge in [0.25, 0.3) is 5.91 Å². The van der Waals surface area contributed by atoms with E-state index in [0.717, 1.165) is 5.56 Å². The minimum Gasteiger partial charge on any atom is -0.486 e. The van der Waals surface area contributed by atoms with Gasteiger partial charge in [0, 0.05) is 36.5 Å². The number of ether oxygens (including phenoxy) is 1. The number of piperidine rings is 1. The molecule has 2 aromatic rings. The fourth-order valence-corrected chi connectivity index (χ4v) is 4.29. The molecular weight excluding hydrogens is 376 g/mol. The largest absolute Gasteiger partial charge is 0.486 e. The lowest BCUT2D eigenvalue weighted by molar-refractivity contribution is -0.00617. The van der Waals surface area contributed by atoms with Crippen molar-refractivity contribution in [1.29, 1.82) is 5.26 Å². The van der Waals surface area contributed by atoms with Crippen LogP contribution in [0, 0.1) is 18.3 Å². The quantitative estimate of drug-likeness (QED) is 0.728. The van der Waals surface area contributed by atoms with E-state index in [-0.39, 0.29) is 11.7 Å². The van der Waals surface area contributed by atoms with Gasteiger partial charge in [-0.3, -0.25) is 9.59 Å². The average molecular weight is 395 g/mol. The summed E-state index contributed by atoms with van der Waals surface area (Å²) in [6, 6.07) is 12.2. The number of hydrogen-bond donors (Lipinski definition) is 0. The van der Waals surface area contributed by atoms with Gasteiger partial charge in [-0.15, -0.1) is 0 Å². The summed E-state index contributed by atoms with van der Waals surface area (Å²) in [5.74, 6) is 0.549. The third kappa shape index (κ3) is 3.25. The lowest BCUT2D eigenvalue weighted by atomic mass is 9.82. The zero-order valence-electron chi connectivity index (χ0n) is 15.5. The van der Waals surface area contributed by atoms with Crippen molar-refractivity contribution in [2.75, 3.05) is 13.1 Å². The van der Waals surface area contributed by atoms with Gasteiger partial charge in [-0.1, -0.05) is 17.7 Å². The molecule has 1 saturated heterocycles. The summed E-state index contributed by atoms with van der Waals surface area (Å²) >= 11 is 6.09. The Bertz CT molecular complexity index is 1020. The van der Waals surface area contributed by atoms with Gasteiger partial charge < -0.3 is 9.64 Å². The molecule has 1 fully saturated rings. The second kappa shape index (κ2) is 6.96. The van der Waals surface area contributed by atoms with Crippen LogP contribution < -0.4 is 4.74 Å². The first-order chi connectivity index (χ1) is 13.4. The topological polar surface area (TPSA) is 70.4 Å². The van der Waals surface area contributed by atoms with Gasteiger partial charge in [0.15, 0.2) is 5.78 Å². The molecule has 4 rings (SSSR count). The highest BCUT2D eigenvalue weighted by atomic mass is 35.5. The van der Waals surface area contributed by atoms with Crippen molar-refractivity contribution in [2.24, 2.45) is 0 Å². The standard InChI is InChI=1S/C22H19ClN2O3/c1-14-9-17(23)11-18-19(26)12-22(28-20(14)18)5-7-25(8-6-22)21(27)16-4-2-3-15(10-16)13-24/h2-4,9-11H,5-8,12H2,1H3. The molecule has 6 heteroatoms. The number of likely N-dealkylation sites (tertiary alicyclic amines) is 1. The summed E-state index contributed by atoms with van der Waals surface area (Å²) in [6.45, 7) is 2.90. The van der Waals surface area contributed by atoms with Crippen LogP contribution in [0.2, 0.25) is 5.02 Å². The van der Waals surface area contributed by atoms with Gasteiger partial charge in [0.1, 0.15) is 11.4 Å². The van der Waals surface area contributed by atoms with Crippen molar-refractivity contribution < 1.29 is 14.3 Å². The number of Topliss-reactive ketones (excluding diaryl/α,β-unsaturated/α-hetero) is 1. The summed E-state index contributed by atoms with van der Waals surface area (Å²) < 4.78 is 6.33. The number of carbonyl (C=O) groups is 2. The molecule has 1 amide bonds. The number of benzene rings is 2. The lowest BCUT2D eigenvalue weighted by Crippen LogP contribution is -2.52. The predicted molar refractivity (Wildman–Crippen MR) is 105 cm³/mol. The van der Waals surface area contributed by atoms with E-state index in [1.54, 1.807) is 41.3 Å². The number of halogens is 1. The number of hydrogen-bond acceptors (Lipinski definition) is 4. The summed E-state index contributed by atoms with van der Waals surface area (Å²) in [5, 5.41) is 9.56. The Kier molecular flexibility index (Phi) is 4.60. The smallest absolute Gasteiger partial charge is 0.253 e.